The summed E-state index contributed by atoms with van der Waals surface area (Å²) in [5, 5.41) is 3.10. The first-order valence-electron chi connectivity index (χ1n) is 11.6. The predicted octanol–water partition coefficient (Wildman–Crippen LogP) is 4.49. The molecule has 2 aromatic rings. The molecule has 2 rings (SSSR count). The number of ether oxygens (including phenoxy) is 1. The summed E-state index contributed by atoms with van der Waals surface area (Å²) >= 11 is 12.4. The van der Waals surface area contributed by atoms with Gasteiger partial charge in [-0.25, -0.2) is 8.42 Å². The number of anilines is 1. The van der Waals surface area contributed by atoms with Crippen LogP contribution in [0.25, 0.3) is 0 Å². The van der Waals surface area contributed by atoms with E-state index in [4.69, 9.17) is 27.9 Å². The van der Waals surface area contributed by atoms with E-state index < -0.39 is 28.5 Å². The molecule has 198 valence electrons. The summed E-state index contributed by atoms with van der Waals surface area (Å²) in [5.74, 6) is -0.277. The molecule has 2 atom stereocenters. The Labute approximate surface area is 223 Å². The van der Waals surface area contributed by atoms with Crippen LogP contribution in [0.2, 0.25) is 10.0 Å². The predicted molar refractivity (Wildman–Crippen MR) is 144 cm³/mol. The SMILES string of the molecule is CC[C@H](C)NC(=O)[C@H](CC)N(Cc1cccc(OC)c1)C(=O)CN(c1cccc(Cl)c1Cl)S(C)(=O)=O. The van der Waals surface area contributed by atoms with E-state index in [1.54, 1.807) is 31.2 Å². The molecule has 0 bridgehead atoms. The summed E-state index contributed by atoms with van der Waals surface area (Å²) in [7, 11) is -2.39. The fourth-order valence-corrected chi connectivity index (χ4v) is 4.91. The number of methoxy groups -OCH3 is 1. The zero-order chi connectivity index (χ0) is 27.0. The molecule has 0 saturated carbocycles. The molecule has 0 aliphatic carbocycles. The molecule has 0 aromatic heterocycles. The fraction of sp³-hybridized carbons (Fsp3) is 0.440. The van der Waals surface area contributed by atoms with Crippen molar-refractivity contribution in [3.8, 4) is 5.75 Å². The van der Waals surface area contributed by atoms with Gasteiger partial charge in [0.2, 0.25) is 21.8 Å². The minimum absolute atomic E-state index is 0.0123. The van der Waals surface area contributed by atoms with Crippen LogP contribution in [-0.4, -0.2) is 57.1 Å². The summed E-state index contributed by atoms with van der Waals surface area (Å²) in [6.45, 7) is 5.14. The Morgan fingerprint density at radius 3 is 2.33 bits per heavy atom. The number of halogens is 2. The lowest BCUT2D eigenvalue weighted by molar-refractivity contribution is -0.140. The maximum atomic E-state index is 13.7. The number of rotatable bonds is 12. The van der Waals surface area contributed by atoms with E-state index >= 15 is 0 Å². The lowest BCUT2D eigenvalue weighted by Crippen LogP contribution is -2.53. The van der Waals surface area contributed by atoms with Crippen LogP contribution < -0.4 is 14.4 Å². The van der Waals surface area contributed by atoms with Gasteiger partial charge in [0.25, 0.3) is 0 Å². The van der Waals surface area contributed by atoms with Crippen molar-refractivity contribution in [2.45, 2.75) is 52.2 Å². The first kappa shape index (κ1) is 29.7. The molecule has 0 saturated heterocycles. The number of hydrogen-bond donors (Lipinski definition) is 1. The van der Waals surface area contributed by atoms with Crippen LogP contribution in [0.1, 0.15) is 39.2 Å². The molecule has 0 unspecified atom stereocenters. The Bertz CT molecular complexity index is 1180. The number of hydrogen-bond acceptors (Lipinski definition) is 5. The summed E-state index contributed by atoms with van der Waals surface area (Å²) in [6, 6.07) is 10.8. The second-order valence-corrected chi connectivity index (χ2v) is 11.1. The highest BCUT2D eigenvalue weighted by molar-refractivity contribution is 7.92. The molecule has 0 aliphatic heterocycles. The van der Waals surface area contributed by atoms with Gasteiger partial charge in [-0.15, -0.1) is 0 Å². The van der Waals surface area contributed by atoms with Crippen LogP contribution in [0.5, 0.6) is 5.75 Å². The molecule has 8 nitrogen and oxygen atoms in total. The molecule has 0 spiro atoms. The lowest BCUT2D eigenvalue weighted by atomic mass is 10.1. The van der Waals surface area contributed by atoms with Crippen LogP contribution in [0, 0.1) is 0 Å². The van der Waals surface area contributed by atoms with Gasteiger partial charge in [-0.3, -0.25) is 13.9 Å². The molecule has 0 fully saturated rings. The molecule has 36 heavy (non-hydrogen) atoms. The van der Waals surface area contributed by atoms with Crippen molar-refractivity contribution in [2.24, 2.45) is 0 Å². The zero-order valence-corrected chi connectivity index (χ0v) is 23.5. The Hall–Kier alpha value is -2.49. The van der Waals surface area contributed by atoms with Gasteiger partial charge in [0.05, 0.1) is 29.1 Å². The molecular weight excluding hydrogens is 525 g/mol. The Morgan fingerprint density at radius 2 is 1.75 bits per heavy atom. The molecule has 2 amide bonds. The summed E-state index contributed by atoms with van der Waals surface area (Å²) in [5.41, 5.74) is 0.808. The van der Waals surface area contributed by atoms with Gasteiger partial charge in [-0.05, 0) is 49.6 Å². The lowest BCUT2D eigenvalue weighted by Gasteiger charge is -2.33. The van der Waals surface area contributed by atoms with E-state index in [0.717, 1.165) is 22.5 Å². The zero-order valence-electron chi connectivity index (χ0n) is 21.1. The smallest absolute Gasteiger partial charge is 0.244 e. The van der Waals surface area contributed by atoms with Gasteiger partial charge < -0.3 is 15.0 Å². The highest BCUT2D eigenvalue weighted by Crippen LogP contribution is 2.33. The van der Waals surface area contributed by atoms with Crippen molar-refractivity contribution in [3.05, 3.63) is 58.1 Å². The second kappa shape index (κ2) is 13.2. The quantitative estimate of drug-likeness (QED) is 0.414. The summed E-state index contributed by atoms with van der Waals surface area (Å²) < 4.78 is 31.6. The van der Waals surface area contributed by atoms with E-state index in [9.17, 15) is 18.0 Å². The van der Waals surface area contributed by atoms with E-state index in [1.165, 1.54) is 24.1 Å². The van der Waals surface area contributed by atoms with Gasteiger partial charge in [-0.1, -0.05) is 55.2 Å². The number of nitrogens with one attached hydrogen (secondary N) is 1. The summed E-state index contributed by atoms with van der Waals surface area (Å²) in [6.07, 6.45) is 2.03. The van der Waals surface area contributed by atoms with E-state index in [-0.39, 0.29) is 34.2 Å². The molecule has 0 radical (unpaired) electrons. The van der Waals surface area contributed by atoms with Crippen LogP contribution in [0.3, 0.4) is 0 Å². The molecule has 11 heteroatoms. The van der Waals surface area contributed by atoms with Gasteiger partial charge >= 0.3 is 0 Å². The third kappa shape index (κ3) is 7.75. The number of nitrogens with zero attached hydrogens (tertiary/aromatic N) is 2. The molecule has 0 heterocycles. The number of carbonyl (C=O) groups excluding carboxylic acids is 2. The minimum Gasteiger partial charge on any atom is -0.497 e. The highest BCUT2D eigenvalue weighted by atomic mass is 35.5. The Kier molecular flexibility index (Phi) is 10.9. The minimum atomic E-state index is -3.92. The number of benzene rings is 2. The first-order chi connectivity index (χ1) is 16.9. The van der Waals surface area contributed by atoms with E-state index in [1.807, 2.05) is 19.9 Å². The van der Waals surface area contributed by atoms with Crippen LogP contribution in [-0.2, 0) is 26.2 Å². The van der Waals surface area contributed by atoms with Gasteiger partial charge in [0.15, 0.2) is 0 Å². The Balaban J connectivity index is 2.50. The average molecular weight is 559 g/mol. The summed E-state index contributed by atoms with van der Waals surface area (Å²) in [4.78, 5) is 28.3. The van der Waals surface area contributed by atoms with Gasteiger partial charge in [0, 0.05) is 12.6 Å². The van der Waals surface area contributed by atoms with Crippen molar-refractivity contribution < 1.29 is 22.7 Å². The maximum absolute atomic E-state index is 13.7. The van der Waals surface area contributed by atoms with Crippen molar-refractivity contribution in [1.29, 1.82) is 0 Å². The normalized spacial score (nSPS) is 13.0. The van der Waals surface area contributed by atoms with E-state index in [0.29, 0.717) is 12.2 Å². The highest BCUT2D eigenvalue weighted by Gasteiger charge is 2.32. The monoisotopic (exact) mass is 557 g/mol. The number of amides is 2. The molecule has 2 aromatic carbocycles. The van der Waals surface area contributed by atoms with Crippen molar-refractivity contribution in [3.63, 3.8) is 0 Å². The second-order valence-electron chi connectivity index (χ2n) is 8.46. The largest absolute Gasteiger partial charge is 0.497 e. The number of sulfonamides is 1. The Morgan fingerprint density at radius 1 is 1.08 bits per heavy atom. The fourth-order valence-electron chi connectivity index (χ4n) is 3.61. The van der Waals surface area contributed by atoms with Crippen LogP contribution in [0.15, 0.2) is 42.5 Å². The number of carbonyl (C=O) groups is 2. The average Bonchev–Trinajstić information content (AvgIpc) is 2.83. The van der Waals surface area contributed by atoms with Crippen molar-refractivity contribution in [1.82, 2.24) is 10.2 Å². The van der Waals surface area contributed by atoms with Gasteiger partial charge in [-0.2, -0.15) is 0 Å². The third-order valence-electron chi connectivity index (χ3n) is 5.75. The topological polar surface area (TPSA) is 96.0 Å². The van der Waals surface area contributed by atoms with Gasteiger partial charge in [0.1, 0.15) is 18.3 Å². The standard InChI is InChI=1S/C25H33Cl2N3O5S/c1-6-17(3)28-25(32)21(7-2)29(15-18-10-8-11-19(14-18)35-4)23(31)16-30(36(5,33)34)22-13-9-12-20(26)24(22)27/h8-14,17,21H,6-7,15-16H2,1-5H3,(H,28,32)/t17-,21-/m0/s1. The van der Waals surface area contributed by atoms with E-state index in [2.05, 4.69) is 5.32 Å². The molecule has 0 aliphatic rings. The maximum Gasteiger partial charge on any atom is 0.244 e. The molecular formula is C25H33Cl2N3O5S. The molecule has 1 N–H and O–H groups in total. The van der Waals surface area contributed by atoms with Crippen molar-refractivity contribution >= 4 is 50.7 Å². The van der Waals surface area contributed by atoms with Crippen LogP contribution in [0.4, 0.5) is 5.69 Å². The first-order valence-corrected chi connectivity index (χ1v) is 14.2. The van der Waals surface area contributed by atoms with Crippen molar-refractivity contribution in [2.75, 3.05) is 24.2 Å². The van der Waals surface area contributed by atoms with Crippen LogP contribution >= 0.6 is 23.2 Å². The third-order valence-corrected chi connectivity index (χ3v) is 7.69.